The van der Waals surface area contributed by atoms with Gasteiger partial charge >= 0.3 is 0 Å². The first-order valence-corrected chi connectivity index (χ1v) is 6.84. The molecule has 0 heterocycles. The molecule has 1 atom stereocenters. The number of rotatable bonds is 1. The molecule has 0 aromatic heterocycles. The van der Waals surface area contributed by atoms with Crippen LogP contribution in [-0.2, 0) is 0 Å². The van der Waals surface area contributed by atoms with Crippen molar-refractivity contribution in [1.82, 2.24) is 0 Å². The maximum atomic E-state index is 12.3. The number of halogens is 1. The van der Waals surface area contributed by atoms with E-state index in [1.165, 1.54) is 16.7 Å². The molecule has 0 aliphatic heterocycles. The molecule has 2 aromatic rings. The number of hydrogen-bond donors (Lipinski definition) is 0. The van der Waals surface area contributed by atoms with Gasteiger partial charge in [0.25, 0.3) is 0 Å². The van der Waals surface area contributed by atoms with Crippen LogP contribution in [0.1, 0.15) is 45.0 Å². The summed E-state index contributed by atoms with van der Waals surface area (Å²) in [6.45, 7) is 4.10. The van der Waals surface area contributed by atoms with Crippen LogP contribution in [0.25, 0.3) is 0 Å². The molecule has 2 aromatic carbocycles. The molecule has 0 spiro atoms. The van der Waals surface area contributed by atoms with Gasteiger partial charge in [-0.25, -0.2) is 0 Å². The van der Waals surface area contributed by atoms with Gasteiger partial charge in [0.2, 0.25) is 0 Å². The molecule has 1 aliphatic rings. The first kappa shape index (κ1) is 12.4. The lowest BCUT2D eigenvalue weighted by atomic mass is 9.89. The van der Waals surface area contributed by atoms with Crippen molar-refractivity contribution in [3.05, 3.63) is 69.2 Å². The van der Waals surface area contributed by atoms with Crippen molar-refractivity contribution < 1.29 is 4.79 Å². The fourth-order valence-corrected chi connectivity index (χ4v) is 3.15. The number of ketones is 1. The third kappa shape index (κ3) is 1.98. The van der Waals surface area contributed by atoms with Crippen molar-refractivity contribution in [2.45, 2.75) is 26.2 Å². The van der Waals surface area contributed by atoms with E-state index in [0.717, 1.165) is 16.1 Å². The summed E-state index contributed by atoms with van der Waals surface area (Å²) in [5.41, 5.74) is 5.59. The van der Waals surface area contributed by atoms with Crippen molar-refractivity contribution in [3.63, 3.8) is 0 Å². The lowest BCUT2D eigenvalue weighted by Crippen LogP contribution is -1.99. The molecule has 0 amide bonds. The molecule has 0 fully saturated rings. The minimum atomic E-state index is 0.180. The molecule has 0 saturated carbocycles. The Morgan fingerprint density at radius 2 is 1.63 bits per heavy atom. The zero-order valence-corrected chi connectivity index (χ0v) is 11.8. The normalized spacial score (nSPS) is 17.6. The Balaban J connectivity index is 2.16. The Morgan fingerprint density at radius 3 is 2.32 bits per heavy atom. The van der Waals surface area contributed by atoms with Crippen LogP contribution < -0.4 is 0 Å². The SMILES string of the molecule is Cc1ccc(C)c2c1C(=O)CC2c1ccc(Cl)cc1. The maximum absolute atomic E-state index is 12.3. The summed E-state index contributed by atoms with van der Waals surface area (Å²) < 4.78 is 0. The van der Waals surface area contributed by atoms with E-state index in [0.29, 0.717) is 6.42 Å². The van der Waals surface area contributed by atoms with Crippen LogP contribution in [-0.4, -0.2) is 5.78 Å². The molecule has 0 bridgehead atoms. The largest absolute Gasteiger partial charge is 0.294 e. The Morgan fingerprint density at radius 1 is 1.00 bits per heavy atom. The van der Waals surface area contributed by atoms with Crippen LogP contribution in [0, 0.1) is 13.8 Å². The average molecular weight is 271 g/mol. The molecule has 3 rings (SSSR count). The summed E-state index contributed by atoms with van der Waals surface area (Å²) in [7, 11) is 0. The van der Waals surface area contributed by atoms with Crippen molar-refractivity contribution >= 4 is 17.4 Å². The fraction of sp³-hybridized carbons (Fsp3) is 0.235. The highest BCUT2D eigenvalue weighted by Gasteiger charge is 2.32. The topological polar surface area (TPSA) is 17.1 Å². The fourth-order valence-electron chi connectivity index (χ4n) is 3.02. The van der Waals surface area contributed by atoms with Gasteiger partial charge in [-0.2, -0.15) is 0 Å². The first-order chi connectivity index (χ1) is 9.08. The third-order valence-corrected chi connectivity index (χ3v) is 4.21. The molecular weight excluding hydrogens is 256 g/mol. The molecule has 96 valence electrons. The number of Topliss-reactive ketones (excluding diaryl/α,β-unsaturated/α-hetero) is 1. The molecule has 19 heavy (non-hydrogen) atoms. The van der Waals surface area contributed by atoms with Crippen molar-refractivity contribution in [2.24, 2.45) is 0 Å². The highest BCUT2D eigenvalue weighted by Crippen LogP contribution is 2.41. The predicted molar refractivity (Wildman–Crippen MR) is 78.2 cm³/mol. The van der Waals surface area contributed by atoms with E-state index in [4.69, 9.17) is 11.6 Å². The zero-order chi connectivity index (χ0) is 13.6. The highest BCUT2D eigenvalue weighted by atomic mass is 35.5. The number of carbonyl (C=O) groups excluding carboxylic acids is 1. The van der Waals surface area contributed by atoms with E-state index in [9.17, 15) is 4.79 Å². The average Bonchev–Trinajstić information content (AvgIpc) is 2.74. The summed E-state index contributed by atoms with van der Waals surface area (Å²) in [5.74, 6) is 0.441. The molecule has 0 saturated heterocycles. The molecule has 1 unspecified atom stereocenters. The molecule has 0 radical (unpaired) electrons. The molecule has 1 aliphatic carbocycles. The monoisotopic (exact) mass is 270 g/mol. The van der Waals surface area contributed by atoms with Crippen molar-refractivity contribution in [2.75, 3.05) is 0 Å². The van der Waals surface area contributed by atoms with Gasteiger partial charge in [-0.1, -0.05) is 35.9 Å². The van der Waals surface area contributed by atoms with Crippen LogP contribution in [0.4, 0.5) is 0 Å². The lowest BCUT2D eigenvalue weighted by Gasteiger charge is -2.14. The van der Waals surface area contributed by atoms with Gasteiger partial charge in [-0.3, -0.25) is 4.79 Å². The Hall–Kier alpha value is -1.60. The quantitative estimate of drug-likeness (QED) is 0.736. The Bertz CT molecular complexity index is 656. The number of fused-ring (bicyclic) bond motifs is 1. The van der Waals surface area contributed by atoms with Crippen LogP contribution in [0.3, 0.4) is 0 Å². The van der Waals surface area contributed by atoms with Gasteiger partial charge in [0.1, 0.15) is 0 Å². The second-order valence-corrected chi connectivity index (χ2v) is 5.66. The Labute approximate surface area is 118 Å². The number of carbonyl (C=O) groups is 1. The second kappa shape index (κ2) is 4.50. The smallest absolute Gasteiger partial charge is 0.164 e. The third-order valence-electron chi connectivity index (χ3n) is 3.96. The van der Waals surface area contributed by atoms with E-state index in [1.54, 1.807) is 0 Å². The standard InChI is InChI=1S/C17H15ClO/c1-10-3-4-11(2)17-15(19)9-14(16(10)17)12-5-7-13(18)8-6-12/h3-8,14H,9H2,1-2H3. The minimum Gasteiger partial charge on any atom is -0.294 e. The number of aryl methyl sites for hydroxylation is 2. The van der Waals surface area contributed by atoms with Crippen LogP contribution in [0.2, 0.25) is 5.02 Å². The summed E-state index contributed by atoms with van der Waals surface area (Å²) >= 11 is 5.94. The van der Waals surface area contributed by atoms with E-state index in [-0.39, 0.29) is 11.7 Å². The van der Waals surface area contributed by atoms with Gasteiger partial charge < -0.3 is 0 Å². The van der Waals surface area contributed by atoms with Gasteiger partial charge in [0, 0.05) is 22.9 Å². The predicted octanol–water partition coefficient (Wildman–Crippen LogP) is 4.68. The maximum Gasteiger partial charge on any atom is 0.164 e. The summed E-state index contributed by atoms with van der Waals surface area (Å²) in [6.07, 6.45) is 0.572. The van der Waals surface area contributed by atoms with Gasteiger partial charge in [0.05, 0.1) is 0 Å². The van der Waals surface area contributed by atoms with Crippen LogP contribution in [0.15, 0.2) is 36.4 Å². The highest BCUT2D eigenvalue weighted by molar-refractivity contribution is 6.30. The molecule has 2 heteroatoms. The molecule has 1 nitrogen and oxygen atoms in total. The van der Waals surface area contributed by atoms with E-state index < -0.39 is 0 Å². The zero-order valence-electron chi connectivity index (χ0n) is 11.0. The van der Waals surface area contributed by atoms with E-state index in [2.05, 4.69) is 13.0 Å². The van der Waals surface area contributed by atoms with E-state index >= 15 is 0 Å². The van der Waals surface area contributed by atoms with Crippen LogP contribution in [0.5, 0.6) is 0 Å². The summed E-state index contributed by atoms with van der Waals surface area (Å²) in [6, 6.07) is 12.0. The lowest BCUT2D eigenvalue weighted by molar-refractivity contribution is 0.0991. The Kier molecular flexibility index (Phi) is 2.94. The number of hydrogen-bond acceptors (Lipinski definition) is 1. The van der Waals surface area contributed by atoms with Crippen LogP contribution >= 0.6 is 11.6 Å². The first-order valence-electron chi connectivity index (χ1n) is 6.46. The van der Waals surface area contributed by atoms with Gasteiger partial charge in [0.15, 0.2) is 5.78 Å². The summed E-state index contributed by atoms with van der Waals surface area (Å²) in [5, 5.41) is 0.731. The van der Waals surface area contributed by atoms with Crippen molar-refractivity contribution in [3.8, 4) is 0 Å². The second-order valence-electron chi connectivity index (χ2n) is 5.22. The minimum absolute atomic E-state index is 0.180. The summed E-state index contributed by atoms with van der Waals surface area (Å²) in [4.78, 5) is 12.3. The number of benzene rings is 2. The molecular formula is C17H15ClO. The van der Waals surface area contributed by atoms with Gasteiger partial charge in [-0.15, -0.1) is 0 Å². The van der Waals surface area contributed by atoms with Gasteiger partial charge in [-0.05, 0) is 48.2 Å². The van der Waals surface area contributed by atoms with Crippen molar-refractivity contribution in [1.29, 1.82) is 0 Å². The van der Waals surface area contributed by atoms with E-state index in [1.807, 2.05) is 37.3 Å². The molecule has 0 N–H and O–H groups in total.